The number of carbonyl (C=O) groups excluding carboxylic acids is 2. The molecule has 4 aliphatic rings. The smallest absolute Gasteiger partial charge is 0.387 e. The molecule has 3 atom stereocenters. The number of fused-ring (bicyclic) bond motifs is 3. The molecule has 8 rings (SSSR count). The molecule has 1 saturated carbocycles. The Hall–Kier alpha value is -4.36. The Morgan fingerprint density at radius 3 is 2.38 bits per heavy atom. The number of hydrogen-bond donors (Lipinski definition) is 1. The maximum Gasteiger partial charge on any atom is 0.387 e. The molecule has 3 saturated heterocycles. The topological polar surface area (TPSA) is 100 Å². The van der Waals surface area contributed by atoms with Gasteiger partial charge < -0.3 is 18.9 Å². The van der Waals surface area contributed by atoms with Gasteiger partial charge in [-0.2, -0.15) is 8.78 Å². The molecule has 290 valence electrons. The maximum atomic E-state index is 15.1. The SMILES string of the molecule is O=C(O[C@@H](Cc1c(Cl)c[nH+]cc1Cl)c1ccc(OC(F)F)c(OCC2CC2)c1)c1cccc(CNC(C(=O)O[C@H]2CN3CCC2CC3)c2ccccc2F)c1. The number of benzene rings is 3. The summed E-state index contributed by atoms with van der Waals surface area (Å²) in [4.78, 5) is 32.6. The van der Waals surface area contributed by atoms with Gasteiger partial charge in [0.1, 0.15) is 34.1 Å². The molecule has 1 unspecified atom stereocenters. The lowest BCUT2D eigenvalue weighted by Crippen LogP contribution is -2.52. The molecule has 9 nitrogen and oxygen atoms in total. The van der Waals surface area contributed by atoms with Gasteiger partial charge in [0, 0.05) is 30.6 Å². The van der Waals surface area contributed by atoms with Crippen LogP contribution in [0.15, 0.2) is 79.1 Å². The summed E-state index contributed by atoms with van der Waals surface area (Å²) in [5.41, 5.74) is 1.91. The summed E-state index contributed by atoms with van der Waals surface area (Å²) in [6.07, 6.45) is 5.76. The molecule has 4 aromatic rings. The molecule has 2 N–H and O–H groups in total. The quantitative estimate of drug-likeness (QED) is 0.114. The molecule has 0 amide bonds. The number of halogens is 5. The van der Waals surface area contributed by atoms with Crippen LogP contribution in [0.1, 0.15) is 70.4 Å². The number of piperidine rings is 3. The molecule has 4 fully saturated rings. The van der Waals surface area contributed by atoms with Crippen LogP contribution in [0.5, 0.6) is 11.5 Å². The highest BCUT2D eigenvalue weighted by Crippen LogP contribution is 2.38. The molecule has 3 aromatic carbocycles. The Kier molecular flexibility index (Phi) is 12.5. The number of esters is 2. The molecular weight excluding hydrogens is 758 g/mol. The van der Waals surface area contributed by atoms with Crippen LogP contribution in [-0.4, -0.2) is 55.8 Å². The average molecular weight is 800 g/mol. The summed E-state index contributed by atoms with van der Waals surface area (Å²) in [5.74, 6) is -1.24. The zero-order valence-electron chi connectivity index (χ0n) is 29.8. The van der Waals surface area contributed by atoms with Gasteiger partial charge in [-0.25, -0.2) is 19.0 Å². The normalized spacial score (nSPS) is 20.1. The summed E-state index contributed by atoms with van der Waals surface area (Å²) in [6, 6.07) is 16.0. The van der Waals surface area contributed by atoms with Crippen molar-refractivity contribution in [3.05, 3.63) is 123 Å². The van der Waals surface area contributed by atoms with E-state index < -0.39 is 36.5 Å². The highest BCUT2D eigenvalue weighted by molar-refractivity contribution is 6.35. The van der Waals surface area contributed by atoms with Crippen molar-refractivity contribution in [1.82, 2.24) is 10.2 Å². The molecule has 0 radical (unpaired) electrons. The minimum atomic E-state index is -3.07. The Bertz CT molecular complexity index is 1970. The van der Waals surface area contributed by atoms with E-state index in [9.17, 15) is 18.4 Å². The molecule has 1 aliphatic carbocycles. The second-order valence-electron chi connectivity index (χ2n) is 14.2. The van der Waals surface area contributed by atoms with Crippen molar-refractivity contribution < 1.29 is 46.7 Å². The molecular formula is C41H41Cl2F3N3O6+. The number of H-pyrrole nitrogens is 1. The van der Waals surface area contributed by atoms with Crippen LogP contribution in [0, 0.1) is 17.7 Å². The van der Waals surface area contributed by atoms with Gasteiger partial charge >= 0.3 is 18.6 Å². The number of nitrogens with zero attached hydrogens (tertiary/aromatic N) is 1. The number of hydrogen-bond acceptors (Lipinski definition) is 8. The van der Waals surface area contributed by atoms with Gasteiger partial charge in [-0.1, -0.05) is 59.6 Å². The summed E-state index contributed by atoms with van der Waals surface area (Å²) in [7, 11) is 0. The van der Waals surface area contributed by atoms with Gasteiger partial charge in [-0.15, -0.1) is 0 Å². The van der Waals surface area contributed by atoms with Crippen molar-refractivity contribution >= 4 is 35.1 Å². The average Bonchev–Trinajstić information content (AvgIpc) is 4.01. The fourth-order valence-electron chi connectivity index (χ4n) is 7.12. The van der Waals surface area contributed by atoms with Gasteiger partial charge in [0.25, 0.3) is 0 Å². The largest absolute Gasteiger partial charge is 0.489 e. The van der Waals surface area contributed by atoms with Crippen LogP contribution in [0.25, 0.3) is 0 Å². The van der Waals surface area contributed by atoms with E-state index in [-0.39, 0.29) is 47.6 Å². The monoisotopic (exact) mass is 798 g/mol. The summed E-state index contributed by atoms with van der Waals surface area (Å²) in [5, 5.41) is 3.77. The van der Waals surface area contributed by atoms with Gasteiger partial charge in [-0.05, 0) is 92.1 Å². The molecule has 55 heavy (non-hydrogen) atoms. The molecule has 0 spiro atoms. The van der Waals surface area contributed by atoms with Crippen molar-refractivity contribution in [3.63, 3.8) is 0 Å². The molecule has 2 bridgehead atoms. The summed E-state index contributed by atoms with van der Waals surface area (Å²) < 4.78 is 64.4. The number of aromatic amines is 1. The first-order chi connectivity index (χ1) is 26.6. The fraction of sp³-hybridized carbons (Fsp3) is 0.390. The van der Waals surface area contributed by atoms with Crippen molar-refractivity contribution in [2.24, 2.45) is 11.8 Å². The fourth-order valence-corrected chi connectivity index (χ4v) is 7.66. The zero-order valence-corrected chi connectivity index (χ0v) is 31.3. The van der Waals surface area contributed by atoms with E-state index in [0.717, 1.165) is 38.8 Å². The maximum absolute atomic E-state index is 15.1. The van der Waals surface area contributed by atoms with Crippen molar-refractivity contribution in [1.29, 1.82) is 0 Å². The van der Waals surface area contributed by atoms with E-state index in [1.807, 2.05) is 0 Å². The first kappa shape index (κ1) is 38.9. The number of carbonyl (C=O) groups is 2. The van der Waals surface area contributed by atoms with Crippen LogP contribution in [0.2, 0.25) is 10.0 Å². The van der Waals surface area contributed by atoms with Crippen LogP contribution in [-0.2, 0) is 27.2 Å². The molecule has 4 heterocycles. The number of aromatic nitrogens is 1. The number of nitrogens with one attached hydrogen (secondary N) is 2. The summed E-state index contributed by atoms with van der Waals surface area (Å²) in [6.45, 7) is -0.0145. The zero-order chi connectivity index (χ0) is 38.5. The Morgan fingerprint density at radius 1 is 0.927 bits per heavy atom. The third-order valence-corrected chi connectivity index (χ3v) is 11.0. The third kappa shape index (κ3) is 9.91. The summed E-state index contributed by atoms with van der Waals surface area (Å²) >= 11 is 13.0. The predicted octanol–water partition coefficient (Wildman–Crippen LogP) is 7.95. The predicted molar refractivity (Wildman–Crippen MR) is 198 cm³/mol. The van der Waals surface area contributed by atoms with Gasteiger partial charge in [-0.3, -0.25) is 10.2 Å². The second kappa shape index (κ2) is 17.6. The lowest BCUT2D eigenvalue weighted by atomic mass is 9.86. The van der Waals surface area contributed by atoms with E-state index in [1.165, 1.54) is 24.3 Å². The number of pyridine rings is 1. The second-order valence-corrected chi connectivity index (χ2v) is 15.0. The van der Waals surface area contributed by atoms with E-state index >= 15 is 4.39 Å². The third-order valence-electron chi connectivity index (χ3n) is 10.4. The van der Waals surface area contributed by atoms with Gasteiger partial charge in [0.05, 0.1) is 12.2 Å². The Morgan fingerprint density at radius 2 is 1.69 bits per heavy atom. The van der Waals surface area contributed by atoms with Crippen molar-refractivity contribution in [3.8, 4) is 11.5 Å². The molecule has 3 aliphatic heterocycles. The highest BCUT2D eigenvalue weighted by Gasteiger charge is 2.38. The van der Waals surface area contributed by atoms with E-state index in [1.54, 1.807) is 54.9 Å². The highest BCUT2D eigenvalue weighted by atomic mass is 35.5. The number of alkyl halides is 2. The molecule has 1 aromatic heterocycles. The number of ether oxygens (including phenoxy) is 4. The van der Waals surface area contributed by atoms with Crippen molar-refractivity contribution in [2.45, 2.75) is 63.5 Å². The number of rotatable bonds is 16. The van der Waals surface area contributed by atoms with Crippen molar-refractivity contribution in [2.75, 3.05) is 26.2 Å². The Labute approximate surface area is 327 Å². The first-order valence-electron chi connectivity index (χ1n) is 18.4. The van der Waals surface area contributed by atoms with Crippen LogP contribution < -0.4 is 19.8 Å². The van der Waals surface area contributed by atoms with Gasteiger partial charge in [0.15, 0.2) is 23.9 Å². The lowest BCUT2D eigenvalue weighted by Gasteiger charge is -2.44. The van der Waals surface area contributed by atoms with Gasteiger partial charge in [0.2, 0.25) is 0 Å². The first-order valence-corrected chi connectivity index (χ1v) is 19.1. The standard InChI is InChI=1S/C41H40Cl2F3N3O6/c42-31-20-47-21-32(43)30(31)18-35(27-10-11-34(55-41(45)46)36(17-27)52-23-24-8-9-24)53-39(50)28-5-3-4-25(16-28)19-48-38(29-6-1-2-7-33(29)44)40(51)54-37-22-49-14-12-26(37)13-15-49/h1-7,10-11,16-17,20-21,24,26,35,37-38,41,48H,8-9,12-15,18-19,22-23H2/p+1/t35-,37-,38?/m0/s1. The van der Waals surface area contributed by atoms with E-state index in [4.69, 9.17) is 42.1 Å². The minimum Gasteiger partial charge on any atom is -0.489 e. The minimum absolute atomic E-state index is 0.0441. The molecule has 14 heteroatoms. The van der Waals surface area contributed by atoms with Crippen LogP contribution >= 0.6 is 23.2 Å². The van der Waals surface area contributed by atoms with E-state index in [2.05, 4.69) is 15.2 Å². The van der Waals surface area contributed by atoms with Crippen LogP contribution in [0.3, 0.4) is 0 Å². The van der Waals surface area contributed by atoms with E-state index in [0.29, 0.717) is 45.8 Å². The lowest BCUT2D eigenvalue weighted by molar-refractivity contribution is -0.377. The van der Waals surface area contributed by atoms with Crippen LogP contribution in [0.4, 0.5) is 13.2 Å². The Balaban J connectivity index is 1.10.